The van der Waals surface area contributed by atoms with E-state index in [2.05, 4.69) is 0 Å². The molecule has 0 bridgehead atoms. The fourth-order valence-electron chi connectivity index (χ4n) is 3.39. The maximum absolute atomic E-state index is 13.6. The number of hydrogen-bond donors (Lipinski definition) is 0. The molecule has 0 N–H and O–H groups in total. The number of esters is 1. The lowest BCUT2D eigenvalue weighted by molar-refractivity contribution is 0.0600. The smallest absolute Gasteiger partial charge is 0.337 e. The normalized spacial score (nSPS) is 15.7. The third-order valence-corrected chi connectivity index (χ3v) is 7.01. The first kappa shape index (κ1) is 21.1. The third-order valence-electron chi connectivity index (χ3n) is 4.92. The van der Waals surface area contributed by atoms with Crippen LogP contribution in [0.15, 0.2) is 71.6 Å². The standard InChI is InChI=1S/C22H17ClFNO5S/c1-29-22(26)15-4-11-19-21(12-15)30-13-20(14-2-5-16(23)6-3-14)25(19)31(27,28)18-9-7-17(24)8-10-18/h2-12,20H,13H2,1H3/t20-/m0/s1. The van der Waals surface area contributed by atoms with Crippen LogP contribution in [0.3, 0.4) is 0 Å². The van der Waals surface area contributed by atoms with Gasteiger partial charge in [-0.15, -0.1) is 0 Å². The van der Waals surface area contributed by atoms with Crippen molar-refractivity contribution >= 4 is 33.3 Å². The lowest BCUT2D eigenvalue weighted by atomic mass is 10.0. The lowest BCUT2D eigenvalue weighted by Crippen LogP contribution is -2.41. The summed E-state index contributed by atoms with van der Waals surface area (Å²) in [6, 6.07) is 15.0. The molecular weight excluding hydrogens is 445 g/mol. The first-order chi connectivity index (χ1) is 14.8. The molecule has 0 aromatic heterocycles. The number of methoxy groups -OCH3 is 1. The van der Waals surface area contributed by atoms with E-state index in [1.54, 1.807) is 24.3 Å². The van der Waals surface area contributed by atoms with Crippen LogP contribution in [0.4, 0.5) is 10.1 Å². The molecule has 1 atom stereocenters. The molecule has 1 heterocycles. The fraction of sp³-hybridized carbons (Fsp3) is 0.136. The maximum Gasteiger partial charge on any atom is 0.337 e. The van der Waals surface area contributed by atoms with Gasteiger partial charge in [0.25, 0.3) is 10.0 Å². The van der Waals surface area contributed by atoms with Gasteiger partial charge in [0, 0.05) is 5.02 Å². The minimum absolute atomic E-state index is 0.000314. The highest BCUT2D eigenvalue weighted by atomic mass is 35.5. The zero-order chi connectivity index (χ0) is 22.2. The van der Waals surface area contributed by atoms with Gasteiger partial charge in [-0.05, 0) is 60.2 Å². The Hall–Kier alpha value is -3.10. The molecule has 6 nitrogen and oxygen atoms in total. The largest absolute Gasteiger partial charge is 0.489 e. The Labute approximate surface area is 183 Å². The van der Waals surface area contributed by atoms with Crippen molar-refractivity contribution in [1.82, 2.24) is 0 Å². The summed E-state index contributed by atoms with van der Waals surface area (Å²) in [7, 11) is -2.85. The van der Waals surface area contributed by atoms with Crippen LogP contribution in [0.1, 0.15) is 22.0 Å². The van der Waals surface area contributed by atoms with E-state index in [0.717, 1.165) is 12.1 Å². The molecule has 1 aliphatic heterocycles. The van der Waals surface area contributed by atoms with Crippen LogP contribution in [0.2, 0.25) is 5.02 Å². The van der Waals surface area contributed by atoms with Crippen LogP contribution < -0.4 is 9.04 Å². The number of halogens is 2. The number of carbonyl (C=O) groups excluding carboxylic acids is 1. The number of nitrogens with zero attached hydrogens (tertiary/aromatic N) is 1. The van der Waals surface area contributed by atoms with Crippen LogP contribution in [0.5, 0.6) is 5.75 Å². The molecule has 0 saturated carbocycles. The second-order valence-corrected chi connectivity index (χ2v) is 9.06. The SMILES string of the molecule is COC(=O)c1ccc2c(c1)OC[C@@H](c1ccc(Cl)cc1)N2S(=O)(=O)c1ccc(F)cc1. The number of hydrogen-bond acceptors (Lipinski definition) is 5. The molecule has 0 saturated heterocycles. The number of sulfonamides is 1. The molecule has 9 heteroatoms. The van der Waals surface area contributed by atoms with Crippen LogP contribution in [-0.4, -0.2) is 28.1 Å². The Morgan fingerprint density at radius 1 is 1.10 bits per heavy atom. The molecule has 3 aromatic rings. The molecule has 0 radical (unpaired) electrons. The topological polar surface area (TPSA) is 72.9 Å². The molecule has 0 unspecified atom stereocenters. The second-order valence-electron chi connectivity index (χ2n) is 6.81. The van der Waals surface area contributed by atoms with Gasteiger partial charge < -0.3 is 9.47 Å². The quantitative estimate of drug-likeness (QED) is 0.531. The summed E-state index contributed by atoms with van der Waals surface area (Å²) < 4.78 is 52.4. The predicted molar refractivity (Wildman–Crippen MR) is 114 cm³/mol. The Balaban J connectivity index is 1.87. The molecular formula is C22H17ClFNO5S. The molecule has 160 valence electrons. The van der Waals surface area contributed by atoms with Crippen molar-refractivity contribution in [3.05, 3.63) is 88.7 Å². The summed E-state index contributed by atoms with van der Waals surface area (Å²) in [5.74, 6) is -0.892. The number of carbonyl (C=O) groups is 1. The Morgan fingerprint density at radius 2 is 1.77 bits per heavy atom. The van der Waals surface area contributed by atoms with Crippen molar-refractivity contribution in [2.24, 2.45) is 0 Å². The van der Waals surface area contributed by atoms with Gasteiger partial charge in [0.05, 0.1) is 23.3 Å². The molecule has 0 fully saturated rings. The second kappa shape index (κ2) is 8.20. The summed E-state index contributed by atoms with van der Waals surface area (Å²) in [6.45, 7) is -0.000314. The van der Waals surface area contributed by atoms with E-state index in [9.17, 15) is 17.6 Å². The Bertz CT molecular complexity index is 1230. The summed E-state index contributed by atoms with van der Waals surface area (Å²) in [5.41, 5.74) is 1.14. The van der Waals surface area contributed by atoms with Crippen molar-refractivity contribution in [2.75, 3.05) is 18.0 Å². The maximum atomic E-state index is 13.6. The average Bonchev–Trinajstić information content (AvgIpc) is 2.78. The van der Waals surface area contributed by atoms with E-state index in [0.29, 0.717) is 10.6 Å². The first-order valence-electron chi connectivity index (χ1n) is 9.22. The highest BCUT2D eigenvalue weighted by molar-refractivity contribution is 7.92. The van der Waals surface area contributed by atoms with E-state index in [1.165, 1.54) is 41.7 Å². The third kappa shape index (κ3) is 3.96. The highest BCUT2D eigenvalue weighted by Gasteiger charge is 2.38. The van der Waals surface area contributed by atoms with Gasteiger partial charge >= 0.3 is 5.97 Å². The Kier molecular flexibility index (Phi) is 5.60. The van der Waals surface area contributed by atoms with Crippen LogP contribution in [0.25, 0.3) is 0 Å². The van der Waals surface area contributed by atoms with Crippen molar-refractivity contribution in [3.8, 4) is 5.75 Å². The molecule has 3 aromatic carbocycles. The van der Waals surface area contributed by atoms with E-state index in [-0.39, 0.29) is 28.5 Å². The number of ether oxygens (including phenoxy) is 2. The zero-order valence-corrected chi connectivity index (χ0v) is 17.9. The molecule has 0 spiro atoms. The van der Waals surface area contributed by atoms with Gasteiger partial charge in [-0.3, -0.25) is 4.31 Å². The summed E-state index contributed by atoms with van der Waals surface area (Å²) in [5, 5.41) is 0.511. The van der Waals surface area contributed by atoms with Gasteiger partial charge in [0.2, 0.25) is 0 Å². The average molecular weight is 462 g/mol. The number of fused-ring (bicyclic) bond motifs is 1. The molecule has 1 aliphatic rings. The van der Waals surface area contributed by atoms with Gasteiger partial charge in [-0.25, -0.2) is 17.6 Å². The monoisotopic (exact) mass is 461 g/mol. The fourth-order valence-corrected chi connectivity index (χ4v) is 5.16. The number of rotatable bonds is 4. The van der Waals surface area contributed by atoms with Crippen molar-refractivity contribution in [2.45, 2.75) is 10.9 Å². The molecule has 0 amide bonds. The zero-order valence-electron chi connectivity index (χ0n) is 16.3. The molecule has 31 heavy (non-hydrogen) atoms. The molecule has 0 aliphatic carbocycles. The van der Waals surface area contributed by atoms with Crippen molar-refractivity contribution in [3.63, 3.8) is 0 Å². The first-order valence-corrected chi connectivity index (χ1v) is 11.0. The number of benzene rings is 3. The molecule has 4 rings (SSSR count). The minimum atomic E-state index is -4.10. The van der Waals surface area contributed by atoms with E-state index >= 15 is 0 Å². The van der Waals surface area contributed by atoms with Crippen LogP contribution in [-0.2, 0) is 14.8 Å². The predicted octanol–water partition coefficient (Wildman–Crippen LogP) is 4.59. The van der Waals surface area contributed by atoms with Crippen LogP contribution in [0, 0.1) is 5.82 Å². The lowest BCUT2D eigenvalue weighted by Gasteiger charge is -2.38. The summed E-state index contributed by atoms with van der Waals surface area (Å²) >= 11 is 5.99. The summed E-state index contributed by atoms with van der Waals surface area (Å²) in [4.78, 5) is 11.8. The van der Waals surface area contributed by atoms with Gasteiger partial charge in [-0.2, -0.15) is 0 Å². The van der Waals surface area contributed by atoms with E-state index in [1.807, 2.05) is 0 Å². The number of anilines is 1. The minimum Gasteiger partial charge on any atom is -0.489 e. The van der Waals surface area contributed by atoms with Crippen LogP contribution >= 0.6 is 11.6 Å². The van der Waals surface area contributed by atoms with E-state index < -0.39 is 27.9 Å². The Morgan fingerprint density at radius 3 is 2.42 bits per heavy atom. The van der Waals surface area contributed by atoms with Crippen molar-refractivity contribution in [1.29, 1.82) is 0 Å². The highest BCUT2D eigenvalue weighted by Crippen LogP contribution is 2.43. The van der Waals surface area contributed by atoms with E-state index in [4.69, 9.17) is 21.1 Å². The van der Waals surface area contributed by atoms with Crippen molar-refractivity contribution < 1.29 is 27.1 Å². The van der Waals surface area contributed by atoms with Gasteiger partial charge in [-0.1, -0.05) is 23.7 Å². The van der Waals surface area contributed by atoms with Gasteiger partial charge in [0.1, 0.15) is 24.2 Å². The summed E-state index contributed by atoms with van der Waals surface area (Å²) in [6.07, 6.45) is 0. The van der Waals surface area contributed by atoms with Gasteiger partial charge in [0.15, 0.2) is 0 Å².